The van der Waals surface area contributed by atoms with Crippen molar-refractivity contribution >= 4 is 10.0 Å². The standard InChI is InChI=1S/C22H27FN2O3S/c1-28-20-7-4-16-2-3-17(22(16)14-20)15-25-12-10-19(11-13-25)24-29(26,27)21-8-5-18(23)6-9-21/h4-9,14,17,19,24H,2-3,10-13,15H2,1H3. The van der Waals surface area contributed by atoms with Crippen LogP contribution in [0.3, 0.4) is 0 Å². The Kier molecular flexibility index (Phi) is 5.90. The first-order chi connectivity index (χ1) is 13.9. The number of hydrogen-bond acceptors (Lipinski definition) is 4. The molecule has 0 amide bonds. The van der Waals surface area contributed by atoms with Gasteiger partial charge in [0.05, 0.1) is 12.0 Å². The molecule has 0 bridgehead atoms. The van der Waals surface area contributed by atoms with Gasteiger partial charge in [-0.2, -0.15) is 0 Å². The molecule has 156 valence electrons. The summed E-state index contributed by atoms with van der Waals surface area (Å²) < 4.78 is 46.2. The number of likely N-dealkylation sites (tertiary alicyclic amines) is 1. The van der Waals surface area contributed by atoms with E-state index in [9.17, 15) is 12.8 Å². The van der Waals surface area contributed by atoms with Crippen LogP contribution in [-0.2, 0) is 16.4 Å². The van der Waals surface area contributed by atoms with Crippen molar-refractivity contribution in [2.24, 2.45) is 0 Å². The average molecular weight is 419 g/mol. The Morgan fingerprint density at radius 3 is 2.52 bits per heavy atom. The largest absolute Gasteiger partial charge is 0.497 e. The number of rotatable bonds is 6. The SMILES string of the molecule is COc1ccc2c(c1)C(CN1CCC(NS(=O)(=O)c3ccc(F)cc3)CC1)CC2. The van der Waals surface area contributed by atoms with E-state index < -0.39 is 15.8 Å². The lowest BCUT2D eigenvalue weighted by Crippen LogP contribution is -2.45. The third-order valence-electron chi connectivity index (χ3n) is 6.07. The smallest absolute Gasteiger partial charge is 0.240 e. The molecule has 1 fully saturated rings. The van der Waals surface area contributed by atoms with Gasteiger partial charge in [0.25, 0.3) is 0 Å². The van der Waals surface area contributed by atoms with Gasteiger partial charge in [0.2, 0.25) is 10.0 Å². The third-order valence-corrected chi connectivity index (χ3v) is 7.60. The highest BCUT2D eigenvalue weighted by Crippen LogP contribution is 2.36. The number of benzene rings is 2. The molecular weight excluding hydrogens is 391 g/mol. The molecule has 1 N–H and O–H groups in total. The molecule has 0 spiro atoms. The van der Waals surface area contributed by atoms with Crippen molar-refractivity contribution in [2.75, 3.05) is 26.7 Å². The van der Waals surface area contributed by atoms with E-state index in [0.717, 1.165) is 51.1 Å². The zero-order valence-electron chi connectivity index (χ0n) is 16.6. The molecule has 0 aromatic heterocycles. The average Bonchev–Trinajstić information content (AvgIpc) is 3.11. The first-order valence-corrected chi connectivity index (χ1v) is 11.6. The molecule has 1 unspecified atom stereocenters. The molecule has 2 aromatic rings. The Bertz CT molecular complexity index is 955. The maximum atomic E-state index is 13.1. The lowest BCUT2D eigenvalue weighted by molar-refractivity contribution is 0.196. The Labute approximate surface area is 171 Å². The van der Waals surface area contributed by atoms with E-state index in [2.05, 4.69) is 21.8 Å². The van der Waals surface area contributed by atoms with Crippen molar-refractivity contribution in [1.82, 2.24) is 9.62 Å². The van der Waals surface area contributed by atoms with Crippen molar-refractivity contribution in [3.8, 4) is 5.75 Å². The summed E-state index contributed by atoms with van der Waals surface area (Å²) in [5.74, 6) is 0.973. The molecule has 0 saturated carbocycles. The highest BCUT2D eigenvalue weighted by Gasteiger charge is 2.29. The van der Waals surface area contributed by atoms with Crippen molar-refractivity contribution in [2.45, 2.75) is 42.5 Å². The second-order valence-corrected chi connectivity index (χ2v) is 9.66. The van der Waals surface area contributed by atoms with Gasteiger partial charge in [-0.1, -0.05) is 6.07 Å². The van der Waals surface area contributed by atoms with E-state index in [1.54, 1.807) is 7.11 Å². The molecule has 1 aliphatic carbocycles. The summed E-state index contributed by atoms with van der Waals surface area (Å²) in [6.45, 7) is 2.73. The molecule has 1 heterocycles. The molecule has 4 rings (SSSR count). The van der Waals surface area contributed by atoms with Crippen LogP contribution < -0.4 is 9.46 Å². The van der Waals surface area contributed by atoms with Gasteiger partial charge in [-0.05, 0) is 92.2 Å². The Hall–Kier alpha value is -1.96. The first kappa shape index (κ1) is 20.3. The number of methoxy groups -OCH3 is 1. The second-order valence-electron chi connectivity index (χ2n) is 7.95. The zero-order chi connectivity index (χ0) is 20.4. The van der Waals surface area contributed by atoms with Crippen LogP contribution in [0.5, 0.6) is 5.75 Å². The number of ether oxygens (including phenoxy) is 1. The van der Waals surface area contributed by atoms with Crippen LogP contribution in [0.15, 0.2) is 47.4 Å². The number of piperidine rings is 1. The summed E-state index contributed by atoms with van der Waals surface area (Å²) in [5, 5.41) is 0. The molecule has 7 heteroatoms. The summed E-state index contributed by atoms with van der Waals surface area (Å²) in [6, 6.07) is 11.2. The minimum absolute atomic E-state index is 0.0859. The van der Waals surface area contributed by atoms with Crippen LogP contribution in [0, 0.1) is 5.82 Å². The van der Waals surface area contributed by atoms with Gasteiger partial charge in [0, 0.05) is 12.6 Å². The molecule has 0 radical (unpaired) electrons. The van der Waals surface area contributed by atoms with Crippen molar-refractivity contribution in [3.63, 3.8) is 0 Å². The summed E-state index contributed by atoms with van der Waals surface area (Å²) >= 11 is 0. The molecule has 29 heavy (non-hydrogen) atoms. The first-order valence-electron chi connectivity index (χ1n) is 10.1. The van der Waals surface area contributed by atoms with E-state index in [0.29, 0.717) is 5.92 Å². The molecule has 1 aliphatic heterocycles. The van der Waals surface area contributed by atoms with Gasteiger partial charge >= 0.3 is 0 Å². The van der Waals surface area contributed by atoms with Gasteiger partial charge < -0.3 is 9.64 Å². The van der Waals surface area contributed by atoms with Gasteiger partial charge in [-0.3, -0.25) is 0 Å². The van der Waals surface area contributed by atoms with Crippen LogP contribution in [0.2, 0.25) is 0 Å². The van der Waals surface area contributed by atoms with Crippen molar-refractivity contribution in [3.05, 3.63) is 59.4 Å². The maximum absolute atomic E-state index is 13.1. The number of halogens is 1. The summed E-state index contributed by atoms with van der Waals surface area (Å²) in [7, 11) is -1.92. The van der Waals surface area contributed by atoms with Crippen LogP contribution in [-0.4, -0.2) is 46.1 Å². The predicted molar refractivity (Wildman–Crippen MR) is 110 cm³/mol. The number of nitrogens with zero attached hydrogens (tertiary/aromatic N) is 1. The quantitative estimate of drug-likeness (QED) is 0.782. The molecule has 2 aromatic carbocycles. The zero-order valence-corrected chi connectivity index (χ0v) is 17.4. The van der Waals surface area contributed by atoms with Crippen molar-refractivity contribution < 1.29 is 17.5 Å². The summed E-state index contributed by atoms with van der Waals surface area (Å²) in [6.07, 6.45) is 3.81. The van der Waals surface area contributed by atoms with Gasteiger partial charge in [-0.15, -0.1) is 0 Å². The lowest BCUT2D eigenvalue weighted by atomic mass is 9.98. The number of nitrogens with one attached hydrogen (secondary N) is 1. The number of fused-ring (bicyclic) bond motifs is 1. The minimum atomic E-state index is -3.61. The number of hydrogen-bond donors (Lipinski definition) is 1. The van der Waals surface area contributed by atoms with Crippen LogP contribution in [0.4, 0.5) is 4.39 Å². The topological polar surface area (TPSA) is 58.6 Å². The second kappa shape index (κ2) is 8.42. The fraction of sp³-hybridized carbons (Fsp3) is 0.455. The van der Waals surface area contributed by atoms with E-state index in [1.165, 1.54) is 35.4 Å². The Morgan fingerprint density at radius 1 is 1.10 bits per heavy atom. The Morgan fingerprint density at radius 2 is 1.83 bits per heavy atom. The highest BCUT2D eigenvalue weighted by molar-refractivity contribution is 7.89. The minimum Gasteiger partial charge on any atom is -0.497 e. The van der Waals surface area contributed by atoms with Gasteiger partial charge in [0.15, 0.2) is 0 Å². The van der Waals surface area contributed by atoms with Gasteiger partial charge in [0.1, 0.15) is 11.6 Å². The van der Waals surface area contributed by atoms with E-state index >= 15 is 0 Å². The van der Waals surface area contributed by atoms with Gasteiger partial charge in [-0.25, -0.2) is 17.5 Å². The maximum Gasteiger partial charge on any atom is 0.240 e. The monoisotopic (exact) mass is 418 g/mol. The van der Waals surface area contributed by atoms with Crippen LogP contribution in [0.1, 0.15) is 36.3 Å². The molecule has 2 aliphatic rings. The molecule has 1 saturated heterocycles. The molecule has 5 nitrogen and oxygen atoms in total. The van der Waals surface area contributed by atoms with E-state index in [1.807, 2.05) is 6.07 Å². The fourth-order valence-electron chi connectivity index (χ4n) is 4.43. The fourth-order valence-corrected chi connectivity index (χ4v) is 5.73. The lowest BCUT2D eigenvalue weighted by Gasteiger charge is -2.34. The summed E-state index contributed by atoms with van der Waals surface area (Å²) in [4.78, 5) is 2.54. The third kappa shape index (κ3) is 4.63. The van der Waals surface area contributed by atoms with Crippen LogP contribution >= 0.6 is 0 Å². The summed E-state index contributed by atoms with van der Waals surface area (Å²) in [5.41, 5.74) is 2.81. The van der Waals surface area contributed by atoms with Crippen LogP contribution in [0.25, 0.3) is 0 Å². The highest BCUT2D eigenvalue weighted by atomic mass is 32.2. The Balaban J connectivity index is 1.32. The van der Waals surface area contributed by atoms with Crippen molar-refractivity contribution in [1.29, 1.82) is 0 Å². The number of aryl methyl sites for hydroxylation is 1. The normalized spacial score (nSPS) is 20.6. The number of sulfonamides is 1. The predicted octanol–water partition coefficient (Wildman–Crippen LogP) is 3.31. The molecule has 1 atom stereocenters. The van der Waals surface area contributed by atoms with E-state index in [-0.39, 0.29) is 10.9 Å². The molecular formula is C22H27FN2O3S. The van der Waals surface area contributed by atoms with E-state index in [4.69, 9.17) is 4.74 Å².